The summed E-state index contributed by atoms with van der Waals surface area (Å²) in [6, 6.07) is 0. The first-order valence-corrected chi connectivity index (χ1v) is 5.94. The van der Waals surface area contributed by atoms with Crippen LogP contribution in [0.25, 0.3) is 0 Å². The van der Waals surface area contributed by atoms with Crippen molar-refractivity contribution in [2.45, 2.75) is 31.8 Å². The molecule has 12 heavy (non-hydrogen) atoms. The van der Waals surface area contributed by atoms with E-state index in [0.717, 1.165) is 25.0 Å². The second-order valence-electron chi connectivity index (χ2n) is 3.24. The third kappa shape index (κ3) is 4.43. The number of halogens is 1. The zero-order chi connectivity index (χ0) is 8.65. The van der Waals surface area contributed by atoms with Gasteiger partial charge in [-0.25, -0.2) is 0 Å². The van der Waals surface area contributed by atoms with Crippen LogP contribution in [0.2, 0.25) is 0 Å². The molecule has 1 saturated heterocycles. The maximum absolute atomic E-state index is 5.58. The number of alkyl halides is 1. The molecule has 1 fully saturated rings. The fourth-order valence-corrected chi connectivity index (χ4v) is 1.70. The van der Waals surface area contributed by atoms with Gasteiger partial charge in [0, 0.05) is 18.5 Å². The molecule has 0 aliphatic carbocycles. The summed E-state index contributed by atoms with van der Waals surface area (Å²) in [5.74, 6) is 0. The minimum atomic E-state index is 0.481. The number of ether oxygens (including phenoxy) is 1. The van der Waals surface area contributed by atoms with Gasteiger partial charge in [-0.3, -0.25) is 0 Å². The highest BCUT2D eigenvalue weighted by atomic mass is 79.9. The summed E-state index contributed by atoms with van der Waals surface area (Å²) in [6.07, 6.45) is 5.51. The molecular weight excluding hydrogens is 218 g/mol. The lowest BCUT2D eigenvalue weighted by molar-refractivity contribution is 0.0171. The van der Waals surface area contributed by atoms with Crippen molar-refractivity contribution in [1.82, 2.24) is 5.32 Å². The summed E-state index contributed by atoms with van der Waals surface area (Å²) >= 11 is 3.40. The van der Waals surface area contributed by atoms with Gasteiger partial charge in [0.1, 0.15) is 0 Å². The van der Waals surface area contributed by atoms with Gasteiger partial charge in [0.15, 0.2) is 0 Å². The smallest absolute Gasteiger partial charge is 0.0699 e. The van der Waals surface area contributed by atoms with Crippen LogP contribution in [-0.2, 0) is 4.74 Å². The summed E-state index contributed by atoms with van der Waals surface area (Å²) in [7, 11) is 0. The highest BCUT2D eigenvalue weighted by Crippen LogP contribution is 2.11. The summed E-state index contributed by atoms with van der Waals surface area (Å²) < 4.78 is 5.58. The molecule has 1 unspecified atom stereocenters. The van der Waals surface area contributed by atoms with Crippen LogP contribution >= 0.6 is 15.9 Å². The molecule has 0 radical (unpaired) electrons. The molecule has 1 aliphatic rings. The van der Waals surface area contributed by atoms with E-state index in [0.29, 0.717) is 6.10 Å². The molecule has 72 valence electrons. The molecule has 0 aromatic rings. The van der Waals surface area contributed by atoms with Gasteiger partial charge in [-0.15, -0.1) is 0 Å². The highest BCUT2D eigenvalue weighted by molar-refractivity contribution is 9.09. The van der Waals surface area contributed by atoms with Crippen molar-refractivity contribution in [2.24, 2.45) is 0 Å². The Hall–Kier alpha value is 0.400. The topological polar surface area (TPSA) is 21.3 Å². The molecule has 2 nitrogen and oxygen atoms in total. The van der Waals surface area contributed by atoms with Gasteiger partial charge in [-0.1, -0.05) is 15.9 Å². The molecule has 1 heterocycles. The van der Waals surface area contributed by atoms with Crippen LogP contribution in [-0.4, -0.2) is 31.1 Å². The van der Waals surface area contributed by atoms with Crippen molar-refractivity contribution in [2.75, 3.05) is 25.0 Å². The Labute approximate surface area is 83.2 Å². The van der Waals surface area contributed by atoms with Crippen molar-refractivity contribution in [1.29, 1.82) is 0 Å². The molecule has 0 bridgehead atoms. The monoisotopic (exact) mass is 235 g/mol. The van der Waals surface area contributed by atoms with E-state index in [1.54, 1.807) is 0 Å². The van der Waals surface area contributed by atoms with E-state index >= 15 is 0 Å². The van der Waals surface area contributed by atoms with Crippen molar-refractivity contribution in [3.63, 3.8) is 0 Å². The lowest BCUT2D eigenvalue weighted by Gasteiger charge is -2.22. The molecule has 3 heteroatoms. The molecular formula is C9H18BrNO. The van der Waals surface area contributed by atoms with E-state index in [9.17, 15) is 0 Å². The quantitative estimate of drug-likeness (QED) is 0.581. The number of hydrogen-bond acceptors (Lipinski definition) is 2. The molecule has 1 rings (SSSR count). The maximum atomic E-state index is 5.58. The standard InChI is InChI=1S/C9H18BrNO/c10-5-3-6-11-8-9-4-1-2-7-12-9/h9,11H,1-8H2. The molecule has 0 aromatic carbocycles. The van der Waals surface area contributed by atoms with Crippen molar-refractivity contribution >= 4 is 15.9 Å². The Kier molecular flexibility index (Phi) is 6.00. The molecule has 0 spiro atoms. The molecule has 0 saturated carbocycles. The van der Waals surface area contributed by atoms with Gasteiger partial charge < -0.3 is 10.1 Å². The van der Waals surface area contributed by atoms with Crippen LogP contribution in [0, 0.1) is 0 Å². The third-order valence-electron chi connectivity index (χ3n) is 2.13. The predicted octanol–water partition coefficient (Wildman–Crippen LogP) is 1.93. The van der Waals surface area contributed by atoms with Crippen molar-refractivity contribution < 1.29 is 4.74 Å². The van der Waals surface area contributed by atoms with E-state index < -0.39 is 0 Å². The lowest BCUT2D eigenvalue weighted by atomic mass is 10.1. The fourth-order valence-electron chi connectivity index (χ4n) is 1.42. The minimum Gasteiger partial charge on any atom is -0.377 e. The highest BCUT2D eigenvalue weighted by Gasteiger charge is 2.12. The van der Waals surface area contributed by atoms with Gasteiger partial charge in [0.25, 0.3) is 0 Å². The first kappa shape index (κ1) is 10.5. The Morgan fingerprint density at radius 2 is 2.33 bits per heavy atom. The van der Waals surface area contributed by atoms with Gasteiger partial charge in [0.05, 0.1) is 6.10 Å². The molecule has 1 N–H and O–H groups in total. The van der Waals surface area contributed by atoms with Crippen molar-refractivity contribution in [3.8, 4) is 0 Å². The molecule has 0 amide bonds. The molecule has 0 aromatic heterocycles. The van der Waals surface area contributed by atoms with Crippen LogP contribution in [0.3, 0.4) is 0 Å². The summed E-state index contributed by atoms with van der Waals surface area (Å²) in [4.78, 5) is 0. The Bertz CT molecular complexity index is 105. The van der Waals surface area contributed by atoms with Gasteiger partial charge in [-0.2, -0.15) is 0 Å². The average molecular weight is 236 g/mol. The second-order valence-corrected chi connectivity index (χ2v) is 4.03. The molecule has 1 aliphatic heterocycles. The van der Waals surface area contributed by atoms with E-state index in [-0.39, 0.29) is 0 Å². The third-order valence-corrected chi connectivity index (χ3v) is 2.69. The summed E-state index contributed by atoms with van der Waals surface area (Å²) in [5, 5.41) is 4.49. The average Bonchev–Trinajstić information content (AvgIpc) is 2.14. The van der Waals surface area contributed by atoms with Crippen LogP contribution in [0.15, 0.2) is 0 Å². The van der Waals surface area contributed by atoms with E-state index in [4.69, 9.17) is 4.74 Å². The van der Waals surface area contributed by atoms with Crippen LogP contribution in [0.1, 0.15) is 25.7 Å². The Balaban J connectivity index is 1.91. The Morgan fingerprint density at radius 3 is 3.00 bits per heavy atom. The first-order valence-electron chi connectivity index (χ1n) is 4.82. The molecule has 1 atom stereocenters. The lowest BCUT2D eigenvalue weighted by Crippen LogP contribution is -2.32. The van der Waals surface area contributed by atoms with Gasteiger partial charge in [-0.05, 0) is 32.2 Å². The van der Waals surface area contributed by atoms with E-state index in [1.807, 2.05) is 0 Å². The fraction of sp³-hybridized carbons (Fsp3) is 1.00. The van der Waals surface area contributed by atoms with Crippen molar-refractivity contribution in [3.05, 3.63) is 0 Å². The van der Waals surface area contributed by atoms with Crippen LogP contribution in [0.5, 0.6) is 0 Å². The number of rotatable bonds is 5. The summed E-state index contributed by atoms with van der Waals surface area (Å²) in [5.41, 5.74) is 0. The zero-order valence-electron chi connectivity index (χ0n) is 7.52. The van der Waals surface area contributed by atoms with Crippen LogP contribution in [0.4, 0.5) is 0 Å². The SMILES string of the molecule is BrCCCNCC1CCCCO1. The largest absolute Gasteiger partial charge is 0.377 e. The first-order chi connectivity index (χ1) is 5.93. The van der Waals surface area contributed by atoms with Gasteiger partial charge in [0.2, 0.25) is 0 Å². The summed E-state index contributed by atoms with van der Waals surface area (Å²) in [6.45, 7) is 3.10. The zero-order valence-corrected chi connectivity index (χ0v) is 9.11. The van der Waals surface area contributed by atoms with Crippen LogP contribution < -0.4 is 5.32 Å². The second kappa shape index (κ2) is 6.87. The normalized spacial score (nSPS) is 24.2. The number of hydrogen-bond donors (Lipinski definition) is 1. The van der Waals surface area contributed by atoms with Gasteiger partial charge >= 0.3 is 0 Å². The van der Waals surface area contributed by atoms with E-state index in [2.05, 4.69) is 21.2 Å². The minimum absolute atomic E-state index is 0.481. The maximum Gasteiger partial charge on any atom is 0.0699 e. The number of nitrogens with one attached hydrogen (secondary N) is 1. The van der Waals surface area contributed by atoms with E-state index in [1.165, 1.54) is 25.7 Å². The predicted molar refractivity (Wildman–Crippen MR) is 54.9 cm³/mol. The Morgan fingerprint density at radius 1 is 1.42 bits per heavy atom.